The molecule has 1 aliphatic heterocycles. The molecule has 1 aliphatic rings. The van der Waals surface area contributed by atoms with Gasteiger partial charge in [-0.2, -0.15) is 0 Å². The number of Topliss-reactive ketones (excluding diaryl/α,β-unsaturated/α-hetero) is 2. The molecule has 1 saturated heterocycles. The van der Waals surface area contributed by atoms with Gasteiger partial charge in [-0.15, -0.1) is 0 Å². The zero-order valence-electron chi connectivity index (χ0n) is 25.4. The highest BCUT2D eigenvalue weighted by molar-refractivity contribution is 6.48. The quantitative estimate of drug-likeness (QED) is 0.208. The molecule has 0 saturated carbocycles. The van der Waals surface area contributed by atoms with Crippen molar-refractivity contribution in [3.8, 4) is 11.5 Å². The molecular weight excluding hydrogens is 532 g/mol. The van der Waals surface area contributed by atoms with Crippen LogP contribution in [0, 0.1) is 0 Å². The van der Waals surface area contributed by atoms with Crippen LogP contribution < -0.4 is 14.8 Å². The van der Waals surface area contributed by atoms with Crippen LogP contribution in [0.5, 0.6) is 11.5 Å². The monoisotopic (exact) mass is 574 g/mol. The van der Waals surface area contributed by atoms with Crippen molar-refractivity contribution in [2.75, 3.05) is 51.9 Å². The lowest BCUT2D eigenvalue weighted by Gasteiger charge is -2.26. The maximum Gasteiger partial charge on any atom is 0.296 e. The first-order chi connectivity index (χ1) is 20.1. The van der Waals surface area contributed by atoms with Crippen molar-refractivity contribution in [1.29, 1.82) is 0 Å². The Morgan fingerprint density at radius 1 is 0.976 bits per heavy atom. The maximum absolute atomic E-state index is 13.6. The Bertz CT molecular complexity index is 1440. The van der Waals surface area contributed by atoms with Gasteiger partial charge in [0.2, 0.25) is 0 Å². The van der Waals surface area contributed by atoms with Crippen LogP contribution in [0.4, 0.5) is 5.69 Å². The van der Waals surface area contributed by atoms with Gasteiger partial charge >= 0.3 is 0 Å². The number of benzene rings is 3. The summed E-state index contributed by atoms with van der Waals surface area (Å²) in [6.07, 6.45) is 2.01. The predicted molar refractivity (Wildman–Crippen MR) is 165 cm³/mol. The standard InChI is InChI=1S/C34H42N2O6/c1-6-7-12-29(37)27-21-23(34(2,3)4)22-28(32(27)40-5)35-33(39)31(38)26-13-14-30(25-11-9-8-10-24(25)26)42-20-17-36-15-18-41-19-16-36/h8-11,13-14,21-22H,6-7,12,15-20H2,1-5H3,(H,35,39). The zero-order chi connectivity index (χ0) is 30.3. The van der Waals surface area contributed by atoms with Crippen LogP contribution >= 0.6 is 0 Å². The number of fused-ring (bicyclic) bond motifs is 1. The van der Waals surface area contributed by atoms with Crippen LogP contribution in [0.15, 0.2) is 48.5 Å². The summed E-state index contributed by atoms with van der Waals surface area (Å²) >= 11 is 0. The van der Waals surface area contributed by atoms with Crippen molar-refractivity contribution in [1.82, 2.24) is 4.90 Å². The van der Waals surface area contributed by atoms with Crippen molar-refractivity contribution in [3.05, 3.63) is 65.2 Å². The maximum atomic E-state index is 13.6. The van der Waals surface area contributed by atoms with Gasteiger partial charge in [-0.05, 0) is 47.1 Å². The predicted octanol–water partition coefficient (Wildman–Crippen LogP) is 6.05. The summed E-state index contributed by atoms with van der Waals surface area (Å²) in [5.74, 6) is -0.632. The van der Waals surface area contributed by atoms with Crippen molar-refractivity contribution >= 4 is 33.9 Å². The third kappa shape index (κ3) is 7.36. The van der Waals surface area contributed by atoms with Gasteiger partial charge in [-0.3, -0.25) is 19.3 Å². The number of hydrogen-bond acceptors (Lipinski definition) is 7. The van der Waals surface area contributed by atoms with Crippen LogP contribution in [0.3, 0.4) is 0 Å². The molecule has 0 aromatic heterocycles. The van der Waals surface area contributed by atoms with Crippen LogP contribution in [0.25, 0.3) is 10.8 Å². The fraction of sp³-hybridized carbons (Fsp3) is 0.441. The normalized spacial score (nSPS) is 14.0. The zero-order valence-corrected chi connectivity index (χ0v) is 25.4. The van der Waals surface area contributed by atoms with Crippen LogP contribution in [0.1, 0.15) is 73.2 Å². The molecule has 1 N–H and O–H groups in total. The third-order valence-electron chi connectivity index (χ3n) is 7.57. The molecule has 42 heavy (non-hydrogen) atoms. The van der Waals surface area contributed by atoms with Crippen molar-refractivity contribution in [3.63, 3.8) is 0 Å². The average molecular weight is 575 g/mol. The third-order valence-corrected chi connectivity index (χ3v) is 7.57. The van der Waals surface area contributed by atoms with E-state index in [1.165, 1.54) is 7.11 Å². The Morgan fingerprint density at radius 3 is 2.36 bits per heavy atom. The van der Waals surface area contributed by atoms with E-state index in [0.29, 0.717) is 35.4 Å². The summed E-state index contributed by atoms with van der Waals surface area (Å²) < 4.78 is 17.1. The summed E-state index contributed by atoms with van der Waals surface area (Å²) in [6.45, 7) is 12.6. The molecule has 8 nitrogen and oxygen atoms in total. The minimum Gasteiger partial charge on any atom is -0.494 e. The topological polar surface area (TPSA) is 94.2 Å². The van der Waals surface area contributed by atoms with Gasteiger partial charge in [0.15, 0.2) is 11.5 Å². The van der Waals surface area contributed by atoms with Crippen molar-refractivity contribution in [2.45, 2.75) is 52.4 Å². The van der Waals surface area contributed by atoms with Crippen LogP contribution in [-0.2, 0) is 14.9 Å². The van der Waals surface area contributed by atoms with Gasteiger partial charge in [-0.25, -0.2) is 0 Å². The first-order valence-corrected chi connectivity index (χ1v) is 14.7. The fourth-order valence-corrected chi connectivity index (χ4v) is 5.06. The van der Waals surface area contributed by atoms with Gasteiger partial charge in [0.25, 0.3) is 11.7 Å². The molecule has 0 unspecified atom stereocenters. The smallest absolute Gasteiger partial charge is 0.296 e. The number of unbranched alkanes of at least 4 members (excludes halogenated alkanes) is 1. The molecule has 3 aromatic carbocycles. The Balaban J connectivity index is 1.60. The van der Waals surface area contributed by atoms with Gasteiger partial charge < -0.3 is 19.5 Å². The van der Waals surface area contributed by atoms with E-state index in [9.17, 15) is 14.4 Å². The van der Waals surface area contributed by atoms with E-state index in [1.807, 2.05) is 58.0 Å². The molecule has 0 spiro atoms. The number of anilines is 1. The second-order valence-corrected chi connectivity index (χ2v) is 11.6. The van der Waals surface area contributed by atoms with E-state index < -0.39 is 11.7 Å². The molecule has 3 aromatic rings. The molecule has 224 valence electrons. The number of nitrogens with zero attached hydrogens (tertiary/aromatic N) is 1. The average Bonchev–Trinajstić information content (AvgIpc) is 2.99. The first-order valence-electron chi connectivity index (χ1n) is 14.7. The van der Waals surface area contributed by atoms with E-state index in [2.05, 4.69) is 10.2 Å². The number of rotatable bonds is 12. The molecule has 0 radical (unpaired) electrons. The number of ether oxygens (including phenoxy) is 3. The number of nitrogens with one attached hydrogen (secondary N) is 1. The number of amides is 1. The van der Waals surface area contributed by atoms with Gasteiger partial charge in [0.1, 0.15) is 12.4 Å². The Labute approximate surface area is 248 Å². The summed E-state index contributed by atoms with van der Waals surface area (Å²) in [6, 6.07) is 14.4. The Kier molecular flexibility index (Phi) is 10.4. The number of morpholine rings is 1. The molecule has 4 rings (SSSR count). The van der Waals surface area contributed by atoms with Crippen molar-refractivity contribution < 1.29 is 28.6 Å². The highest BCUT2D eigenvalue weighted by Gasteiger charge is 2.26. The summed E-state index contributed by atoms with van der Waals surface area (Å²) in [7, 11) is 1.46. The molecule has 0 bridgehead atoms. The number of carbonyl (C=O) groups excluding carboxylic acids is 3. The minimum atomic E-state index is -0.808. The molecule has 1 fully saturated rings. The SMILES string of the molecule is CCCCC(=O)c1cc(C(C)(C)C)cc(NC(=O)C(=O)c2ccc(OCCN3CCOCC3)c3ccccc23)c1OC. The first kappa shape index (κ1) is 31.2. The largest absolute Gasteiger partial charge is 0.494 e. The highest BCUT2D eigenvalue weighted by Crippen LogP contribution is 2.37. The van der Waals surface area contributed by atoms with Crippen molar-refractivity contribution in [2.24, 2.45) is 0 Å². The Morgan fingerprint density at radius 2 is 1.69 bits per heavy atom. The van der Waals surface area contributed by atoms with E-state index in [4.69, 9.17) is 14.2 Å². The van der Waals surface area contributed by atoms with E-state index in [-0.39, 0.29) is 22.5 Å². The lowest BCUT2D eigenvalue weighted by atomic mass is 9.84. The van der Waals surface area contributed by atoms with Gasteiger partial charge in [0, 0.05) is 37.0 Å². The van der Waals surface area contributed by atoms with E-state index in [0.717, 1.165) is 56.6 Å². The molecule has 1 amide bonds. The van der Waals surface area contributed by atoms with E-state index >= 15 is 0 Å². The van der Waals surface area contributed by atoms with Gasteiger partial charge in [0.05, 0.1) is 31.6 Å². The molecular formula is C34H42N2O6. The second kappa shape index (κ2) is 13.9. The van der Waals surface area contributed by atoms with Gasteiger partial charge in [-0.1, -0.05) is 58.4 Å². The lowest BCUT2D eigenvalue weighted by Crippen LogP contribution is -2.38. The van der Waals surface area contributed by atoms with Crippen LogP contribution in [0.2, 0.25) is 0 Å². The number of carbonyl (C=O) groups is 3. The molecule has 1 heterocycles. The number of ketones is 2. The highest BCUT2D eigenvalue weighted by atomic mass is 16.5. The fourth-order valence-electron chi connectivity index (χ4n) is 5.06. The van der Waals surface area contributed by atoms with E-state index in [1.54, 1.807) is 18.2 Å². The number of hydrogen-bond donors (Lipinski definition) is 1. The molecule has 0 atom stereocenters. The summed E-state index contributed by atoms with van der Waals surface area (Å²) in [4.78, 5) is 42.4. The Hall–Kier alpha value is -3.75. The molecule has 8 heteroatoms. The van der Waals surface area contributed by atoms with Crippen LogP contribution in [-0.4, -0.2) is 68.9 Å². The lowest BCUT2D eigenvalue weighted by molar-refractivity contribution is -0.112. The minimum absolute atomic E-state index is 0.0585. The molecule has 0 aliphatic carbocycles. The summed E-state index contributed by atoms with van der Waals surface area (Å²) in [5.41, 5.74) is 1.54. The number of methoxy groups -OCH3 is 1. The second-order valence-electron chi connectivity index (χ2n) is 11.6. The summed E-state index contributed by atoms with van der Waals surface area (Å²) in [5, 5.41) is 4.15.